The van der Waals surface area contributed by atoms with Gasteiger partial charge in [0, 0.05) is 10.2 Å². The van der Waals surface area contributed by atoms with Gasteiger partial charge in [-0.2, -0.15) is 13.2 Å². The van der Waals surface area contributed by atoms with Crippen molar-refractivity contribution in [3.8, 4) is 0 Å². The van der Waals surface area contributed by atoms with E-state index in [4.69, 9.17) is 5.11 Å². The number of hydrogen-bond acceptors (Lipinski definition) is 2. The van der Waals surface area contributed by atoms with Crippen molar-refractivity contribution in [2.45, 2.75) is 18.6 Å². The topological polar surface area (TPSA) is 78.4 Å². The van der Waals surface area contributed by atoms with Crippen molar-refractivity contribution in [2.24, 2.45) is 0 Å². The lowest BCUT2D eigenvalue weighted by Gasteiger charge is -2.28. The van der Waals surface area contributed by atoms with Crippen LogP contribution >= 0.6 is 15.9 Å². The summed E-state index contributed by atoms with van der Waals surface area (Å²) in [5.41, 5.74) is -3.15. The van der Waals surface area contributed by atoms with Crippen LogP contribution in [-0.2, 0) is 4.79 Å². The van der Waals surface area contributed by atoms with Gasteiger partial charge in [-0.05, 0) is 31.2 Å². The van der Waals surface area contributed by atoms with E-state index in [2.05, 4.69) is 21.2 Å². The highest BCUT2D eigenvalue weighted by molar-refractivity contribution is 9.10. The summed E-state index contributed by atoms with van der Waals surface area (Å²) >= 11 is 3.15. The van der Waals surface area contributed by atoms with E-state index in [1.165, 1.54) is 17.4 Å². The normalized spacial score (nSPS) is 14.2. The second kappa shape index (κ2) is 5.70. The average molecular weight is 355 g/mol. The fourth-order valence-corrected chi connectivity index (χ4v) is 1.43. The number of nitrogens with one attached hydrogen (secondary N) is 2. The number of carboxylic acid groups (broad SMARTS) is 1. The van der Waals surface area contributed by atoms with E-state index in [9.17, 15) is 22.8 Å². The lowest BCUT2D eigenvalue weighted by molar-refractivity contribution is -0.203. The van der Waals surface area contributed by atoms with Crippen molar-refractivity contribution < 1.29 is 27.9 Å². The van der Waals surface area contributed by atoms with Crippen molar-refractivity contribution in [1.82, 2.24) is 5.32 Å². The maximum atomic E-state index is 12.7. The van der Waals surface area contributed by atoms with Gasteiger partial charge in [0.2, 0.25) is 5.54 Å². The van der Waals surface area contributed by atoms with Gasteiger partial charge in [0.25, 0.3) is 0 Å². The van der Waals surface area contributed by atoms with Crippen LogP contribution in [0.2, 0.25) is 0 Å². The molecule has 20 heavy (non-hydrogen) atoms. The van der Waals surface area contributed by atoms with Crippen molar-refractivity contribution in [1.29, 1.82) is 0 Å². The smallest absolute Gasteiger partial charge is 0.422 e. The molecule has 0 fully saturated rings. The summed E-state index contributed by atoms with van der Waals surface area (Å²) in [6.07, 6.45) is -5.13. The van der Waals surface area contributed by atoms with Gasteiger partial charge in [-0.1, -0.05) is 15.9 Å². The molecule has 0 spiro atoms. The molecule has 0 bridgehead atoms. The Morgan fingerprint density at radius 1 is 1.20 bits per heavy atom. The zero-order chi connectivity index (χ0) is 15.6. The van der Waals surface area contributed by atoms with E-state index in [0.29, 0.717) is 11.4 Å². The lowest BCUT2D eigenvalue weighted by Crippen LogP contribution is -2.62. The number of urea groups is 1. The molecule has 0 saturated carbocycles. The van der Waals surface area contributed by atoms with Crippen molar-refractivity contribution in [2.75, 3.05) is 5.32 Å². The van der Waals surface area contributed by atoms with Crippen LogP contribution in [0.4, 0.5) is 23.7 Å². The van der Waals surface area contributed by atoms with Crippen LogP contribution in [0.3, 0.4) is 0 Å². The van der Waals surface area contributed by atoms with Gasteiger partial charge in [0.15, 0.2) is 0 Å². The number of alkyl halides is 3. The summed E-state index contributed by atoms with van der Waals surface area (Å²) in [5, 5.41) is 12.2. The number of hydrogen-bond donors (Lipinski definition) is 3. The summed E-state index contributed by atoms with van der Waals surface area (Å²) < 4.78 is 38.7. The van der Waals surface area contributed by atoms with Gasteiger partial charge < -0.3 is 15.7 Å². The van der Waals surface area contributed by atoms with Crippen LogP contribution in [0.25, 0.3) is 0 Å². The summed E-state index contributed by atoms with van der Waals surface area (Å²) in [5.74, 6) is -2.20. The predicted octanol–water partition coefficient (Wildman–Crippen LogP) is 2.98. The molecular weight excluding hydrogens is 345 g/mol. The minimum absolute atomic E-state index is 0.223. The first kappa shape index (κ1) is 16.3. The number of aliphatic carboxylic acids is 1. The first-order valence-electron chi connectivity index (χ1n) is 5.21. The van der Waals surface area contributed by atoms with E-state index in [1.807, 2.05) is 0 Å². The standard InChI is InChI=1S/C11H10BrF3N2O3/c1-10(8(18)19,11(13,14)15)17-9(20)16-7-4-2-6(12)3-5-7/h2-5H,1H3,(H,18,19)(H2,16,17,20). The third-order valence-corrected chi connectivity index (χ3v) is 2.99. The maximum absolute atomic E-state index is 12.7. The zero-order valence-electron chi connectivity index (χ0n) is 10.1. The summed E-state index contributed by atoms with van der Waals surface area (Å²) in [4.78, 5) is 22.2. The molecule has 2 amide bonds. The number of benzene rings is 1. The molecule has 0 radical (unpaired) electrons. The first-order chi connectivity index (χ1) is 9.06. The highest BCUT2D eigenvalue weighted by Gasteiger charge is 2.58. The van der Waals surface area contributed by atoms with Gasteiger partial charge in [0.1, 0.15) is 0 Å². The molecule has 0 aliphatic carbocycles. The molecule has 5 nitrogen and oxygen atoms in total. The number of carbonyl (C=O) groups is 2. The highest BCUT2D eigenvalue weighted by atomic mass is 79.9. The second-order valence-electron chi connectivity index (χ2n) is 4.01. The molecule has 0 aliphatic heterocycles. The molecule has 0 heterocycles. The first-order valence-corrected chi connectivity index (χ1v) is 6.00. The Morgan fingerprint density at radius 3 is 2.10 bits per heavy atom. The molecule has 1 atom stereocenters. The van der Waals surface area contributed by atoms with Gasteiger partial charge >= 0.3 is 18.2 Å². The second-order valence-corrected chi connectivity index (χ2v) is 4.93. The Labute approximate surface area is 120 Å². The third kappa shape index (κ3) is 3.62. The average Bonchev–Trinajstić information content (AvgIpc) is 2.30. The van der Waals surface area contributed by atoms with Crippen LogP contribution in [0.5, 0.6) is 0 Å². The van der Waals surface area contributed by atoms with E-state index < -0.39 is 23.7 Å². The number of halogens is 4. The highest BCUT2D eigenvalue weighted by Crippen LogP contribution is 2.30. The largest absolute Gasteiger partial charge is 0.479 e. The molecule has 1 aromatic carbocycles. The van der Waals surface area contributed by atoms with Gasteiger partial charge in [-0.15, -0.1) is 0 Å². The number of anilines is 1. The van der Waals surface area contributed by atoms with E-state index in [1.54, 1.807) is 12.1 Å². The van der Waals surface area contributed by atoms with Gasteiger partial charge in [-0.3, -0.25) is 0 Å². The molecule has 0 aromatic heterocycles. The van der Waals surface area contributed by atoms with Gasteiger partial charge in [-0.25, -0.2) is 9.59 Å². The van der Waals surface area contributed by atoms with Gasteiger partial charge in [0.05, 0.1) is 0 Å². The zero-order valence-corrected chi connectivity index (χ0v) is 11.7. The molecule has 0 aliphatic rings. The molecule has 1 aromatic rings. The van der Waals surface area contributed by atoms with Crippen LogP contribution in [0.1, 0.15) is 6.92 Å². The van der Waals surface area contributed by atoms with Crippen molar-refractivity contribution in [3.63, 3.8) is 0 Å². The Morgan fingerprint density at radius 2 is 1.70 bits per heavy atom. The van der Waals surface area contributed by atoms with Crippen LogP contribution < -0.4 is 10.6 Å². The van der Waals surface area contributed by atoms with Crippen LogP contribution in [0, 0.1) is 0 Å². The quantitative estimate of drug-likeness (QED) is 0.780. The molecule has 1 rings (SSSR count). The summed E-state index contributed by atoms with van der Waals surface area (Å²) in [7, 11) is 0. The number of rotatable bonds is 3. The summed E-state index contributed by atoms with van der Waals surface area (Å²) in [6.45, 7) is 0.372. The van der Waals surface area contributed by atoms with E-state index in [-0.39, 0.29) is 5.69 Å². The fraction of sp³-hybridized carbons (Fsp3) is 0.273. The Kier molecular flexibility index (Phi) is 4.64. The minimum Gasteiger partial charge on any atom is -0.479 e. The van der Waals surface area contributed by atoms with Crippen molar-refractivity contribution >= 4 is 33.6 Å². The number of carboxylic acids is 1. The van der Waals surface area contributed by atoms with Crippen LogP contribution in [0.15, 0.2) is 28.7 Å². The van der Waals surface area contributed by atoms with E-state index in [0.717, 1.165) is 0 Å². The monoisotopic (exact) mass is 354 g/mol. The summed E-state index contributed by atoms with van der Waals surface area (Å²) in [6, 6.07) is 4.74. The van der Waals surface area contributed by atoms with Crippen molar-refractivity contribution in [3.05, 3.63) is 28.7 Å². The molecule has 1 unspecified atom stereocenters. The molecule has 0 saturated heterocycles. The predicted molar refractivity (Wildman–Crippen MR) is 68.4 cm³/mol. The Bertz CT molecular complexity index is 519. The lowest BCUT2D eigenvalue weighted by atomic mass is 10.0. The minimum atomic E-state index is -5.13. The Hall–Kier alpha value is -1.77. The number of carbonyl (C=O) groups excluding carboxylic acids is 1. The fourth-order valence-electron chi connectivity index (χ4n) is 1.17. The van der Waals surface area contributed by atoms with Crippen LogP contribution in [-0.4, -0.2) is 28.8 Å². The Balaban J connectivity index is 2.83. The van der Waals surface area contributed by atoms with E-state index >= 15 is 0 Å². The third-order valence-electron chi connectivity index (χ3n) is 2.46. The molecular formula is C11H10BrF3N2O3. The maximum Gasteiger partial charge on any atom is 0.422 e. The number of amides is 2. The molecule has 9 heteroatoms. The SMILES string of the molecule is CC(NC(=O)Nc1ccc(Br)cc1)(C(=O)O)C(F)(F)F. The molecule has 110 valence electrons. The molecule has 3 N–H and O–H groups in total.